The van der Waals surface area contributed by atoms with Crippen LogP contribution in [0.15, 0.2) is 42.9 Å². The van der Waals surface area contributed by atoms with E-state index in [0.717, 1.165) is 34.1 Å². The number of nitrogens with one attached hydrogen (secondary N) is 1. The average molecular weight is 386 g/mol. The fourth-order valence-corrected chi connectivity index (χ4v) is 5.49. The molecule has 3 aromatic heterocycles. The van der Waals surface area contributed by atoms with Crippen molar-refractivity contribution in [2.24, 2.45) is 0 Å². The maximum absolute atomic E-state index is 13.1. The van der Waals surface area contributed by atoms with Gasteiger partial charge >= 0.3 is 0 Å². The van der Waals surface area contributed by atoms with Crippen LogP contribution >= 0.6 is 23.1 Å². The molecule has 1 aliphatic heterocycles. The van der Waals surface area contributed by atoms with Crippen LogP contribution in [0.1, 0.15) is 26.4 Å². The molecule has 26 heavy (non-hydrogen) atoms. The Balaban J connectivity index is 1.61. The Morgan fingerprint density at radius 1 is 1.38 bits per heavy atom. The van der Waals surface area contributed by atoms with Crippen molar-refractivity contribution in [3.63, 3.8) is 0 Å². The van der Waals surface area contributed by atoms with Crippen LogP contribution in [0.25, 0.3) is 5.00 Å². The van der Waals surface area contributed by atoms with Crippen molar-refractivity contribution in [3.8, 4) is 10.9 Å². The lowest BCUT2D eigenvalue weighted by molar-refractivity contribution is 0.0950. The summed E-state index contributed by atoms with van der Waals surface area (Å²) in [5.74, 6) is 2.59. The number of ether oxygens (including phenoxy) is 1. The summed E-state index contributed by atoms with van der Waals surface area (Å²) in [6.45, 7) is 0.447. The molecule has 1 aliphatic rings. The van der Waals surface area contributed by atoms with Crippen molar-refractivity contribution in [1.29, 1.82) is 0 Å². The molecular weight excluding hydrogens is 366 g/mol. The van der Waals surface area contributed by atoms with Gasteiger partial charge in [0, 0.05) is 41.8 Å². The molecule has 5 nitrogen and oxygen atoms in total. The quantitative estimate of drug-likeness (QED) is 0.728. The van der Waals surface area contributed by atoms with Gasteiger partial charge in [0.15, 0.2) is 0 Å². The minimum atomic E-state index is -0.0196. The summed E-state index contributed by atoms with van der Waals surface area (Å²) in [5.41, 5.74) is 3.00. The molecule has 0 unspecified atom stereocenters. The van der Waals surface area contributed by atoms with Crippen LogP contribution in [-0.4, -0.2) is 28.3 Å². The lowest BCUT2D eigenvalue weighted by Gasteiger charge is -2.13. The molecule has 0 fully saturated rings. The summed E-state index contributed by atoms with van der Waals surface area (Å²) in [6, 6.07) is 7.69. The molecule has 4 rings (SSSR count). The monoisotopic (exact) mass is 385 g/mol. The molecule has 4 heterocycles. The van der Waals surface area contributed by atoms with Gasteiger partial charge in [-0.2, -0.15) is 11.8 Å². The number of carbonyl (C=O) groups is 1. The van der Waals surface area contributed by atoms with Crippen LogP contribution in [0, 0.1) is 0 Å². The van der Waals surface area contributed by atoms with Gasteiger partial charge in [-0.3, -0.25) is 4.79 Å². The van der Waals surface area contributed by atoms with Gasteiger partial charge in [-0.25, -0.2) is 4.98 Å². The number of aromatic nitrogens is 2. The highest BCUT2D eigenvalue weighted by Gasteiger charge is 2.26. The zero-order valence-corrected chi connectivity index (χ0v) is 16.0. The molecule has 0 aromatic carbocycles. The third kappa shape index (κ3) is 3.37. The smallest absolute Gasteiger partial charge is 0.254 e. The average Bonchev–Trinajstić information content (AvgIpc) is 3.33. The zero-order chi connectivity index (χ0) is 17.9. The Labute approximate surface area is 160 Å². The number of carbonyl (C=O) groups excluding carboxylic acids is 1. The van der Waals surface area contributed by atoms with Gasteiger partial charge in [0.05, 0.1) is 12.7 Å². The van der Waals surface area contributed by atoms with E-state index in [0.29, 0.717) is 12.4 Å². The SMILES string of the molecule is COc1cc(CNC(=O)c2c(-n3cccc3)sc3c2CCSC3)ccn1. The van der Waals surface area contributed by atoms with Gasteiger partial charge in [0.2, 0.25) is 5.88 Å². The van der Waals surface area contributed by atoms with Gasteiger partial charge in [-0.15, -0.1) is 11.3 Å². The van der Waals surface area contributed by atoms with Crippen LogP contribution in [0.5, 0.6) is 5.88 Å². The molecule has 134 valence electrons. The topological polar surface area (TPSA) is 56.1 Å². The summed E-state index contributed by atoms with van der Waals surface area (Å²) in [7, 11) is 1.59. The largest absolute Gasteiger partial charge is 0.481 e. The molecule has 7 heteroatoms. The highest BCUT2D eigenvalue weighted by atomic mass is 32.2. The number of nitrogens with zero attached hydrogens (tertiary/aromatic N) is 2. The maximum Gasteiger partial charge on any atom is 0.254 e. The number of methoxy groups -OCH3 is 1. The highest BCUT2D eigenvalue weighted by Crippen LogP contribution is 2.38. The van der Waals surface area contributed by atoms with Gasteiger partial charge in [-0.05, 0) is 41.5 Å². The Morgan fingerprint density at radius 3 is 3.04 bits per heavy atom. The Bertz CT molecular complexity index is 919. The molecule has 0 aliphatic carbocycles. The first-order valence-electron chi connectivity index (χ1n) is 8.39. The van der Waals surface area contributed by atoms with Gasteiger partial charge in [0.25, 0.3) is 5.91 Å². The van der Waals surface area contributed by atoms with E-state index in [-0.39, 0.29) is 5.91 Å². The summed E-state index contributed by atoms with van der Waals surface area (Å²) in [5, 5.41) is 4.08. The van der Waals surface area contributed by atoms with E-state index in [1.807, 2.05) is 53.0 Å². The fourth-order valence-electron chi connectivity index (χ4n) is 3.05. The van der Waals surface area contributed by atoms with Crippen molar-refractivity contribution < 1.29 is 9.53 Å². The minimum Gasteiger partial charge on any atom is -0.481 e. The second-order valence-corrected chi connectivity index (χ2v) is 8.15. The minimum absolute atomic E-state index is 0.0196. The number of fused-ring (bicyclic) bond motifs is 1. The Morgan fingerprint density at radius 2 is 2.23 bits per heavy atom. The number of hydrogen-bond acceptors (Lipinski definition) is 5. The Hall–Kier alpha value is -2.25. The molecule has 3 aromatic rings. The molecule has 0 saturated heterocycles. The van der Waals surface area contributed by atoms with Crippen LogP contribution in [0.4, 0.5) is 0 Å². The number of rotatable bonds is 5. The third-order valence-electron chi connectivity index (χ3n) is 4.33. The number of amides is 1. The van der Waals surface area contributed by atoms with Crippen molar-refractivity contribution in [2.75, 3.05) is 12.9 Å². The van der Waals surface area contributed by atoms with E-state index < -0.39 is 0 Å². The van der Waals surface area contributed by atoms with Crippen LogP contribution in [0.3, 0.4) is 0 Å². The molecular formula is C19H19N3O2S2. The second kappa shape index (κ2) is 7.55. The van der Waals surface area contributed by atoms with Crippen molar-refractivity contribution >= 4 is 29.0 Å². The molecule has 1 N–H and O–H groups in total. The van der Waals surface area contributed by atoms with Gasteiger partial charge in [0.1, 0.15) is 5.00 Å². The van der Waals surface area contributed by atoms with Crippen LogP contribution < -0.4 is 10.1 Å². The van der Waals surface area contributed by atoms with E-state index in [1.165, 1.54) is 10.4 Å². The lowest BCUT2D eigenvalue weighted by atomic mass is 10.1. The van der Waals surface area contributed by atoms with Gasteiger partial charge < -0.3 is 14.6 Å². The maximum atomic E-state index is 13.1. The predicted octanol–water partition coefficient (Wildman–Crippen LogP) is 3.66. The number of pyridine rings is 1. The lowest BCUT2D eigenvalue weighted by Crippen LogP contribution is -2.25. The molecule has 0 atom stereocenters. The van der Waals surface area contributed by atoms with Crippen molar-refractivity contribution in [2.45, 2.75) is 18.7 Å². The summed E-state index contributed by atoms with van der Waals surface area (Å²) in [6.07, 6.45) is 6.63. The molecule has 0 saturated carbocycles. The fraction of sp³-hybridized carbons (Fsp3) is 0.263. The van der Waals surface area contributed by atoms with E-state index in [2.05, 4.69) is 10.3 Å². The van der Waals surface area contributed by atoms with Crippen molar-refractivity contribution in [3.05, 3.63) is 64.4 Å². The number of hydrogen-bond donors (Lipinski definition) is 1. The summed E-state index contributed by atoms with van der Waals surface area (Å²) < 4.78 is 7.19. The first kappa shape index (κ1) is 17.2. The Kier molecular flexibility index (Phi) is 4.99. The van der Waals surface area contributed by atoms with E-state index in [1.54, 1.807) is 24.6 Å². The van der Waals surface area contributed by atoms with E-state index >= 15 is 0 Å². The molecule has 0 bridgehead atoms. The third-order valence-corrected chi connectivity index (χ3v) is 6.74. The molecule has 0 spiro atoms. The van der Waals surface area contributed by atoms with Crippen molar-refractivity contribution in [1.82, 2.24) is 14.9 Å². The van der Waals surface area contributed by atoms with Crippen LogP contribution in [-0.2, 0) is 18.7 Å². The second-order valence-electron chi connectivity index (χ2n) is 5.97. The van der Waals surface area contributed by atoms with E-state index in [4.69, 9.17) is 4.74 Å². The summed E-state index contributed by atoms with van der Waals surface area (Å²) >= 11 is 3.66. The number of thiophene rings is 1. The van der Waals surface area contributed by atoms with E-state index in [9.17, 15) is 4.79 Å². The van der Waals surface area contributed by atoms with Crippen LogP contribution in [0.2, 0.25) is 0 Å². The molecule has 0 radical (unpaired) electrons. The summed E-state index contributed by atoms with van der Waals surface area (Å²) in [4.78, 5) is 18.5. The number of thioether (sulfide) groups is 1. The standard InChI is InChI=1S/C19H19N3O2S2/c1-24-16-10-13(4-6-20-16)11-21-18(23)17-14-5-9-25-12-15(14)26-19(17)22-7-2-3-8-22/h2-4,6-8,10H,5,9,11-12H2,1H3,(H,21,23). The predicted molar refractivity (Wildman–Crippen MR) is 105 cm³/mol. The van der Waals surface area contributed by atoms with Gasteiger partial charge in [-0.1, -0.05) is 0 Å². The first-order valence-corrected chi connectivity index (χ1v) is 10.4. The highest BCUT2D eigenvalue weighted by molar-refractivity contribution is 7.98. The normalized spacial score (nSPS) is 13.3. The molecule has 1 amide bonds. The zero-order valence-electron chi connectivity index (χ0n) is 14.4. The first-order chi connectivity index (χ1) is 12.8.